The van der Waals surface area contributed by atoms with Gasteiger partial charge >= 0.3 is 0 Å². The highest BCUT2D eigenvalue weighted by Crippen LogP contribution is 2.25. The highest BCUT2D eigenvalue weighted by atomic mass is 16.5. The Hall–Kier alpha value is -2.53. The van der Waals surface area contributed by atoms with Crippen LogP contribution in [0.5, 0.6) is 11.5 Å². The predicted molar refractivity (Wildman–Crippen MR) is 110 cm³/mol. The van der Waals surface area contributed by atoms with Crippen molar-refractivity contribution >= 4 is 11.6 Å². The summed E-state index contributed by atoms with van der Waals surface area (Å²) < 4.78 is 11.5. The van der Waals surface area contributed by atoms with Gasteiger partial charge in [-0.3, -0.25) is 4.79 Å². The largest absolute Gasteiger partial charge is 0.494 e. The minimum absolute atomic E-state index is 0.184. The van der Waals surface area contributed by atoms with Crippen molar-refractivity contribution in [3.8, 4) is 11.5 Å². The lowest BCUT2D eigenvalue weighted by molar-refractivity contribution is 0.102. The molecule has 0 atom stereocenters. The molecular weight excluding hydrogens is 340 g/mol. The molecule has 0 saturated carbocycles. The Kier molecular flexibility index (Phi) is 8.65. The summed E-state index contributed by atoms with van der Waals surface area (Å²) in [5.41, 5.74) is 1.23. The second-order valence-corrected chi connectivity index (χ2v) is 6.20. The molecule has 0 aliphatic rings. The molecule has 0 unspecified atom stereocenters. The van der Waals surface area contributed by atoms with E-state index in [1.165, 1.54) is 0 Å². The summed E-state index contributed by atoms with van der Waals surface area (Å²) in [5.74, 6) is 1.20. The number of rotatable bonds is 11. The lowest BCUT2D eigenvalue weighted by Crippen LogP contribution is -2.28. The lowest BCUT2D eigenvalue weighted by atomic mass is 10.2. The van der Waals surface area contributed by atoms with Crippen molar-refractivity contribution in [3.63, 3.8) is 0 Å². The fraction of sp³-hybridized carbons (Fsp3) is 0.409. The minimum atomic E-state index is -0.184. The Labute approximate surface area is 162 Å². The van der Waals surface area contributed by atoms with Crippen molar-refractivity contribution in [2.24, 2.45) is 0 Å². The third-order valence-corrected chi connectivity index (χ3v) is 4.26. The van der Waals surface area contributed by atoms with E-state index in [1.54, 1.807) is 12.1 Å². The SMILES string of the molecule is CCCOc1cccc(C(=O)Nc2ccccc2OCCN(CC)CC)c1. The van der Waals surface area contributed by atoms with Gasteiger partial charge in [0.15, 0.2) is 0 Å². The number of nitrogens with one attached hydrogen (secondary N) is 1. The molecular formula is C22H30N2O3. The second kappa shape index (κ2) is 11.2. The highest BCUT2D eigenvalue weighted by Gasteiger charge is 2.11. The van der Waals surface area contributed by atoms with E-state index in [2.05, 4.69) is 24.1 Å². The van der Waals surface area contributed by atoms with Gasteiger partial charge in [0.2, 0.25) is 0 Å². The molecule has 0 saturated heterocycles. The van der Waals surface area contributed by atoms with Gasteiger partial charge in [0.25, 0.3) is 5.91 Å². The lowest BCUT2D eigenvalue weighted by Gasteiger charge is -2.19. The maximum absolute atomic E-state index is 12.6. The predicted octanol–water partition coefficient (Wildman–Crippen LogP) is 4.45. The summed E-state index contributed by atoms with van der Waals surface area (Å²) in [6.45, 7) is 10.4. The molecule has 0 bridgehead atoms. The molecule has 27 heavy (non-hydrogen) atoms. The number of benzene rings is 2. The summed E-state index contributed by atoms with van der Waals surface area (Å²) in [6.07, 6.45) is 0.925. The van der Waals surface area contributed by atoms with Crippen LogP contribution in [0.2, 0.25) is 0 Å². The number of amides is 1. The van der Waals surface area contributed by atoms with Gasteiger partial charge in [-0.25, -0.2) is 0 Å². The first kappa shape index (κ1) is 20.8. The fourth-order valence-corrected chi connectivity index (χ4v) is 2.66. The molecule has 2 aromatic carbocycles. The van der Waals surface area contributed by atoms with Crippen molar-refractivity contribution in [2.45, 2.75) is 27.2 Å². The molecule has 0 aromatic heterocycles. The van der Waals surface area contributed by atoms with E-state index in [4.69, 9.17) is 9.47 Å². The molecule has 5 heteroatoms. The van der Waals surface area contributed by atoms with Gasteiger partial charge in [0.05, 0.1) is 12.3 Å². The first-order chi connectivity index (χ1) is 13.2. The van der Waals surface area contributed by atoms with E-state index in [-0.39, 0.29) is 5.91 Å². The van der Waals surface area contributed by atoms with Gasteiger partial charge in [-0.15, -0.1) is 0 Å². The van der Waals surface area contributed by atoms with Crippen molar-refractivity contribution in [1.29, 1.82) is 0 Å². The number of hydrogen-bond acceptors (Lipinski definition) is 4. The van der Waals surface area contributed by atoms with Crippen molar-refractivity contribution < 1.29 is 14.3 Å². The van der Waals surface area contributed by atoms with Gasteiger partial charge in [0, 0.05) is 12.1 Å². The van der Waals surface area contributed by atoms with Gasteiger partial charge in [-0.1, -0.05) is 39.0 Å². The van der Waals surface area contributed by atoms with Crippen LogP contribution in [0, 0.1) is 0 Å². The molecule has 146 valence electrons. The monoisotopic (exact) mass is 370 g/mol. The molecule has 0 spiro atoms. The quantitative estimate of drug-likeness (QED) is 0.635. The fourth-order valence-electron chi connectivity index (χ4n) is 2.66. The van der Waals surface area contributed by atoms with Crippen molar-refractivity contribution in [3.05, 3.63) is 54.1 Å². The first-order valence-electron chi connectivity index (χ1n) is 9.66. The summed E-state index contributed by atoms with van der Waals surface area (Å²) in [6, 6.07) is 14.7. The molecule has 0 aliphatic heterocycles. The maximum Gasteiger partial charge on any atom is 0.255 e. The Morgan fingerprint density at radius 1 is 0.963 bits per heavy atom. The number of nitrogens with zero attached hydrogens (tertiary/aromatic N) is 1. The van der Waals surface area contributed by atoms with Crippen LogP contribution in [0.15, 0.2) is 48.5 Å². The molecule has 0 heterocycles. The van der Waals surface area contributed by atoms with Gasteiger partial charge in [-0.2, -0.15) is 0 Å². The van der Waals surface area contributed by atoms with Crippen LogP contribution < -0.4 is 14.8 Å². The second-order valence-electron chi connectivity index (χ2n) is 6.20. The molecule has 0 radical (unpaired) electrons. The van der Waals surface area contributed by atoms with E-state index in [1.807, 2.05) is 43.3 Å². The molecule has 1 amide bonds. The van der Waals surface area contributed by atoms with Crippen LogP contribution in [0.4, 0.5) is 5.69 Å². The van der Waals surface area contributed by atoms with Crippen LogP contribution >= 0.6 is 0 Å². The Bertz CT molecular complexity index is 714. The third-order valence-electron chi connectivity index (χ3n) is 4.26. The van der Waals surface area contributed by atoms with E-state index in [0.717, 1.165) is 26.1 Å². The summed E-state index contributed by atoms with van der Waals surface area (Å²) in [4.78, 5) is 14.9. The summed E-state index contributed by atoms with van der Waals surface area (Å²) >= 11 is 0. The zero-order chi connectivity index (χ0) is 19.5. The molecule has 5 nitrogen and oxygen atoms in total. The van der Waals surface area contributed by atoms with Crippen LogP contribution in [-0.4, -0.2) is 43.7 Å². The van der Waals surface area contributed by atoms with E-state index in [9.17, 15) is 4.79 Å². The van der Waals surface area contributed by atoms with Crippen LogP contribution in [0.1, 0.15) is 37.6 Å². The third kappa shape index (κ3) is 6.61. The summed E-state index contributed by atoms with van der Waals surface area (Å²) in [7, 11) is 0. The summed E-state index contributed by atoms with van der Waals surface area (Å²) in [5, 5.41) is 2.94. The number of para-hydroxylation sites is 2. The van der Waals surface area contributed by atoms with Crippen molar-refractivity contribution in [1.82, 2.24) is 4.90 Å². The standard InChI is InChI=1S/C22H30N2O3/c1-4-15-26-19-11-9-10-18(17-19)22(25)23-20-12-7-8-13-21(20)27-16-14-24(5-2)6-3/h7-13,17H,4-6,14-16H2,1-3H3,(H,23,25). The number of ether oxygens (including phenoxy) is 2. The zero-order valence-electron chi connectivity index (χ0n) is 16.5. The normalized spacial score (nSPS) is 10.7. The Morgan fingerprint density at radius 2 is 1.74 bits per heavy atom. The topological polar surface area (TPSA) is 50.8 Å². The number of carbonyl (C=O) groups excluding carboxylic acids is 1. The molecule has 0 fully saturated rings. The van der Waals surface area contributed by atoms with E-state index < -0.39 is 0 Å². The zero-order valence-corrected chi connectivity index (χ0v) is 16.5. The maximum atomic E-state index is 12.6. The van der Waals surface area contributed by atoms with Crippen molar-refractivity contribution in [2.75, 3.05) is 38.2 Å². The molecule has 0 aliphatic carbocycles. The average Bonchev–Trinajstić information content (AvgIpc) is 2.71. The van der Waals surface area contributed by atoms with E-state index >= 15 is 0 Å². The molecule has 1 N–H and O–H groups in total. The molecule has 2 rings (SSSR count). The van der Waals surface area contributed by atoms with Gasteiger partial charge in [0.1, 0.15) is 18.1 Å². The van der Waals surface area contributed by atoms with Crippen LogP contribution in [-0.2, 0) is 0 Å². The number of carbonyl (C=O) groups is 1. The highest BCUT2D eigenvalue weighted by molar-refractivity contribution is 6.05. The molecule has 2 aromatic rings. The van der Waals surface area contributed by atoms with Gasteiger partial charge in [-0.05, 0) is 49.8 Å². The number of hydrogen-bond donors (Lipinski definition) is 1. The van der Waals surface area contributed by atoms with Crippen LogP contribution in [0.3, 0.4) is 0 Å². The smallest absolute Gasteiger partial charge is 0.255 e. The van der Waals surface area contributed by atoms with Gasteiger partial charge < -0.3 is 19.7 Å². The van der Waals surface area contributed by atoms with Crippen LogP contribution in [0.25, 0.3) is 0 Å². The number of likely N-dealkylation sites (N-methyl/N-ethyl adjacent to an activating group) is 1. The Morgan fingerprint density at radius 3 is 2.48 bits per heavy atom. The average molecular weight is 370 g/mol. The Balaban J connectivity index is 2.01. The van der Waals surface area contributed by atoms with E-state index in [0.29, 0.717) is 36.0 Å². The number of anilines is 1. The minimum Gasteiger partial charge on any atom is -0.494 e. The first-order valence-corrected chi connectivity index (χ1v) is 9.66.